The Hall–Kier alpha value is -1.98. The van der Waals surface area contributed by atoms with Crippen LogP contribution in [0.4, 0.5) is 5.69 Å². The minimum atomic E-state index is 0.0413. The highest BCUT2D eigenvalue weighted by atomic mass is 32.2. The molecule has 2 aromatic rings. The summed E-state index contributed by atoms with van der Waals surface area (Å²) in [7, 11) is 0. The Morgan fingerprint density at radius 1 is 1.04 bits per heavy atom. The number of nitrogens with one attached hydrogen (secondary N) is 1. The van der Waals surface area contributed by atoms with Crippen molar-refractivity contribution in [2.24, 2.45) is 5.92 Å². The van der Waals surface area contributed by atoms with Gasteiger partial charge in [-0.15, -0.1) is 0 Å². The van der Waals surface area contributed by atoms with Gasteiger partial charge < -0.3 is 11.1 Å². The molecule has 5 heteroatoms. The fraction of sp³-hybridized carbons (Fsp3) is 0.381. The van der Waals surface area contributed by atoms with Crippen molar-refractivity contribution in [1.29, 1.82) is 0 Å². The first-order chi connectivity index (χ1) is 12.6. The average molecular weight is 368 g/mol. The molecule has 0 aliphatic carbocycles. The maximum atomic E-state index is 12.7. The highest BCUT2D eigenvalue weighted by Crippen LogP contribution is 2.32. The Balaban J connectivity index is 1.40. The highest BCUT2D eigenvalue weighted by Gasteiger charge is 2.40. The van der Waals surface area contributed by atoms with Crippen molar-refractivity contribution in [1.82, 2.24) is 10.2 Å². The van der Waals surface area contributed by atoms with E-state index in [1.165, 1.54) is 25.9 Å². The second-order valence-corrected chi connectivity index (χ2v) is 8.46. The van der Waals surface area contributed by atoms with Gasteiger partial charge in [0.2, 0.25) is 0 Å². The van der Waals surface area contributed by atoms with Gasteiger partial charge in [-0.1, -0.05) is 11.8 Å². The molecule has 26 heavy (non-hydrogen) atoms. The number of anilines is 1. The maximum Gasteiger partial charge on any atom is 0.251 e. The molecule has 0 saturated carbocycles. The van der Waals surface area contributed by atoms with E-state index in [9.17, 15) is 4.79 Å². The lowest BCUT2D eigenvalue weighted by Crippen LogP contribution is -2.62. The number of carbonyl (C=O) groups excluding carboxylic acids is 1. The monoisotopic (exact) mass is 367 g/mol. The molecule has 4 nitrogen and oxygen atoms in total. The second-order valence-electron chi connectivity index (χ2n) is 7.31. The summed E-state index contributed by atoms with van der Waals surface area (Å²) in [6.07, 6.45) is 2.40. The molecule has 3 fully saturated rings. The molecule has 2 aromatic carbocycles. The van der Waals surface area contributed by atoms with Crippen LogP contribution in [0, 0.1) is 5.92 Å². The number of hydrogen-bond acceptors (Lipinski definition) is 4. The van der Waals surface area contributed by atoms with Crippen LogP contribution < -0.4 is 11.1 Å². The fourth-order valence-electron chi connectivity index (χ4n) is 4.13. The Kier molecular flexibility index (Phi) is 4.92. The summed E-state index contributed by atoms with van der Waals surface area (Å²) in [6, 6.07) is 16.4. The number of piperidine rings is 3. The van der Waals surface area contributed by atoms with Gasteiger partial charge in [-0.2, -0.15) is 0 Å². The van der Waals surface area contributed by atoms with E-state index in [4.69, 9.17) is 5.73 Å². The molecule has 3 N–H and O–H groups in total. The Morgan fingerprint density at radius 2 is 1.62 bits per heavy atom. The normalized spacial score (nSPS) is 27.3. The SMILES string of the molecule is CC1C(NC(=O)c2ccc(Sc3ccc(N)cc3)cc2)C2CCN1CC2. The van der Waals surface area contributed by atoms with Gasteiger partial charge in [-0.3, -0.25) is 9.69 Å². The first kappa shape index (κ1) is 17.4. The molecular formula is C21H25N3OS. The van der Waals surface area contributed by atoms with E-state index in [0.29, 0.717) is 12.0 Å². The molecule has 2 atom stereocenters. The Morgan fingerprint density at radius 3 is 2.19 bits per heavy atom. The summed E-state index contributed by atoms with van der Waals surface area (Å²) >= 11 is 1.67. The van der Waals surface area contributed by atoms with Gasteiger partial charge in [0.05, 0.1) is 0 Å². The zero-order chi connectivity index (χ0) is 18.1. The summed E-state index contributed by atoms with van der Waals surface area (Å²) in [4.78, 5) is 17.4. The van der Waals surface area contributed by atoms with Gasteiger partial charge in [-0.05, 0) is 87.3 Å². The minimum absolute atomic E-state index is 0.0413. The summed E-state index contributed by atoms with van der Waals surface area (Å²) < 4.78 is 0. The van der Waals surface area contributed by atoms with Gasteiger partial charge in [-0.25, -0.2) is 0 Å². The van der Waals surface area contributed by atoms with Gasteiger partial charge >= 0.3 is 0 Å². The van der Waals surface area contributed by atoms with Crippen molar-refractivity contribution < 1.29 is 4.79 Å². The number of hydrogen-bond donors (Lipinski definition) is 2. The van der Waals surface area contributed by atoms with Crippen LogP contribution >= 0.6 is 11.8 Å². The quantitative estimate of drug-likeness (QED) is 0.810. The summed E-state index contributed by atoms with van der Waals surface area (Å²) in [5.74, 6) is 0.666. The van der Waals surface area contributed by atoms with E-state index in [-0.39, 0.29) is 11.9 Å². The fourth-order valence-corrected chi connectivity index (χ4v) is 4.94. The molecule has 2 bridgehead atoms. The summed E-state index contributed by atoms with van der Waals surface area (Å²) in [5.41, 5.74) is 7.22. The highest BCUT2D eigenvalue weighted by molar-refractivity contribution is 7.99. The third-order valence-corrected chi connectivity index (χ3v) is 6.72. The number of rotatable bonds is 4. The lowest BCUT2D eigenvalue weighted by atomic mass is 9.79. The van der Waals surface area contributed by atoms with E-state index in [2.05, 4.69) is 17.1 Å². The van der Waals surface area contributed by atoms with E-state index >= 15 is 0 Å². The minimum Gasteiger partial charge on any atom is -0.399 e. The number of benzene rings is 2. The van der Waals surface area contributed by atoms with Crippen molar-refractivity contribution in [3.8, 4) is 0 Å². The molecule has 0 radical (unpaired) electrons. The molecule has 0 aromatic heterocycles. The van der Waals surface area contributed by atoms with E-state index < -0.39 is 0 Å². The molecule has 0 spiro atoms. The van der Waals surface area contributed by atoms with Crippen LogP contribution in [0.5, 0.6) is 0 Å². The third kappa shape index (κ3) is 3.60. The lowest BCUT2D eigenvalue weighted by molar-refractivity contribution is 0.0217. The molecular weight excluding hydrogens is 342 g/mol. The predicted octanol–water partition coefficient (Wildman–Crippen LogP) is 3.63. The molecule has 136 valence electrons. The number of nitrogen functional groups attached to an aromatic ring is 1. The summed E-state index contributed by atoms with van der Waals surface area (Å²) in [6.45, 7) is 4.59. The number of fused-ring (bicyclic) bond motifs is 3. The van der Waals surface area contributed by atoms with Crippen LogP contribution in [0.2, 0.25) is 0 Å². The van der Waals surface area contributed by atoms with Crippen LogP contribution in [0.3, 0.4) is 0 Å². The molecule has 3 aliphatic rings. The van der Waals surface area contributed by atoms with Crippen molar-refractivity contribution in [3.05, 3.63) is 54.1 Å². The number of carbonyl (C=O) groups is 1. The van der Waals surface area contributed by atoms with Crippen molar-refractivity contribution in [3.63, 3.8) is 0 Å². The lowest BCUT2D eigenvalue weighted by Gasteiger charge is -2.49. The van der Waals surface area contributed by atoms with Gasteiger partial charge in [0.1, 0.15) is 0 Å². The topological polar surface area (TPSA) is 58.4 Å². The van der Waals surface area contributed by atoms with Gasteiger partial charge in [0.25, 0.3) is 5.91 Å². The van der Waals surface area contributed by atoms with E-state index in [1.54, 1.807) is 11.8 Å². The van der Waals surface area contributed by atoms with E-state index in [0.717, 1.165) is 21.0 Å². The first-order valence-corrected chi connectivity index (χ1v) is 10.1. The molecule has 3 saturated heterocycles. The zero-order valence-corrected chi connectivity index (χ0v) is 15.8. The largest absolute Gasteiger partial charge is 0.399 e. The van der Waals surface area contributed by atoms with Crippen molar-refractivity contribution in [2.45, 2.75) is 41.6 Å². The molecule has 3 heterocycles. The third-order valence-electron chi connectivity index (χ3n) is 5.71. The zero-order valence-electron chi connectivity index (χ0n) is 15.0. The Bertz CT molecular complexity index is 765. The van der Waals surface area contributed by atoms with Gasteiger partial charge in [0, 0.05) is 33.1 Å². The summed E-state index contributed by atoms with van der Waals surface area (Å²) in [5, 5.41) is 3.29. The van der Waals surface area contributed by atoms with Crippen LogP contribution in [0.25, 0.3) is 0 Å². The number of nitrogens with zero attached hydrogens (tertiary/aromatic N) is 1. The smallest absolute Gasteiger partial charge is 0.251 e. The Labute approximate surface area is 159 Å². The number of amides is 1. The van der Waals surface area contributed by atoms with Crippen LogP contribution in [-0.4, -0.2) is 36.0 Å². The van der Waals surface area contributed by atoms with Crippen LogP contribution in [0.15, 0.2) is 58.3 Å². The van der Waals surface area contributed by atoms with Crippen molar-refractivity contribution in [2.75, 3.05) is 18.8 Å². The average Bonchev–Trinajstić information content (AvgIpc) is 2.67. The van der Waals surface area contributed by atoms with Crippen LogP contribution in [-0.2, 0) is 0 Å². The van der Waals surface area contributed by atoms with Crippen molar-refractivity contribution >= 4 is 23.4 Å². The number of nitrogens with two attached hydrogens (primary N) is 1. The van der Waals surface area contributed by atoms with Gasteiger partial charge in [0.15, 0.2) is 0 Å². The molecule has 5 rings (SSSR count). The molecule has 2 unspecified atom stereocenters. The molecule has 1 amide bonds. The molecule has 3 aliphatic heterocycles. The second kappa shape index (κ2) is 7.33. The first-order valence-electron chi connectivity index (χ1n) is 9.28. The van der Waals surface area contributed by atoms with E-state index in [1.807, 2.05) is 48.5 Å². The standard InChI is InChI=1S/C21H25N3OS/c1-14-20(15-10-12-24(14)13-11-15)23-21(25)16-2-6-18(7-3-16)26-19-8-4-17(22)5-9-19/h2-9,14-15,20H,10-13,22H2,1H3,(H,23,25). The van der Waals surface area contributed by atoms with Crippen LogP contribution in [0.1, 0.15) is 30.1 Å². The predicted molar refractivity (Wildman–Crippen MR) is 106 cm³/mol. The maximum absolute atomic E-state index is 12.7.